The molecule has 1 aromatic carbocycles. The van der Waals surface area contributed by atoms with Crippen LogP contribution in [0.3, 0.4) is 0 Å². The first-order valence-corrected chi connectivity index (χ1v) is 5.40. The van der Waals surface area contributed by atoms with Gasteiger partial charge < -0.3 is 14.6 Å². The highest BCUT2D eigenvalue weighted by Crippen LogP contribution is 2.32. The fraction of sp³-hybridized carbons (Fsp3) is 0.250. The highest BCUT2D eigenvalue weighted by molar-refractivity contribution is 6.31. The molecule has 1 aliphatic rings. The van der Waals surface area contributed by atoms with Crippen molar-refractivity contribution in [1.29, 1.82) is 0 Å². The Morgan fingerprint density at radius 3 is 2.82 bits per heavy atom. The van der Waals surface area contributed by atoms with E-state index in [1.165, 1.54) is 13.2 Å². The van der Waals surface area contributed by atoms with Crippen LogP contribution in [-0.2, 0) is 14.3 Å². The molecule has 0 unspecified atom stereocenters. The van der Waals surface area contributed by atoms with Gasteiger partial charge >= 0.3 is 5.97 Å². The van der Waals surface area contributed by atoms with Gasteiger partial charge in [-0.1, -0.05) is 29.8 Å². The molecule has 0 spiro atoms. The molecule has 1 aliphatic heterocycles. The molecule has 4 nitrogen and oxygen atoms in total. The minimum absolute atomic E-state index is 0.294. The van der Waals surface area contributed by atoms with E-state index in [0.29, 0.717) is 16.3 Å². The minimum Gasteiger partial charge on any atom is -0.497 e. The maximum Gasteiger partial charge on any atom is 0.335 e. The second-order valence-electron chi connectivity index (χ2n) is 3.57. The Balaban J connectivity index is 2.27. The number of cyclic esters (lactones) is 1. The maximum atomic E-state index is 11.1. The minimum atomic E-state index is -1.04. The van der Waals surface area contributed by atoms with Gasteiger partial charge in [0.1, 0.15) is 11.9 Å². The summed E-state index contributed by atoms with van der Waals surface area (Å²) in [7, 11) is 1.42. The lowest BCUT2D eigenvalue weighted by Gasteiger charge is -2.20. The maximum absolute atomic E-state index is 11.1. The second-order valence-corrected chi connectivity index (χ2v) is 3.98. The summed E-state index contributed by atoms with van der Waals surface area (Å²) in [5.41, 5.74) is 0.497. The van der Waals surface area contributed by atoms with Gasteiger partial charge in [0.25, 0.3) is 0 Å². The monoisotopic (exact) mass is 254 g/mol. The summed E-state index contributed by atoms with van der Waals surface area (Å²) in [6.07, 6.45) is -0.668. The predicted octanol–water partition coefficient (Wildman–Crippen LogP) is 1.83. The van der Waals surface area contributed by atoms with Crippen molar-refractivity contribution in [3.8, 4) is 0 Å². The lowest BCUT2D eigenvalue weighted by molar-refractivity contribution is -0.144. The van der Waals surface area contributed by atoms with Crippen LogP contribution in [0.5, 0.6) is 0 Å². The number of carbonyl (C=O) groups is 1. The van der Waals surface area contributed by atoms with Crippen LogP contribution in [0.15, 0.2) is 36.1 Å². The van der Waals surface area contributed by atoms with Crippen molar-refractivity contribution in [1.82, 2.24) is 0 Å². The zero-order valence-electron chi connectivity index (χ0n) is 9.09. The number of esters is 1. The molecule has 0 radical (unpaired) electrons. The quantitative estimate of drug-likeness (QED) is 0.836. The lowest BCUT2D eigenvalue weighted by Crippen LogP contribution is -2.22. The van der Waals surface area contributed by atoms with Gasteiger partial charge in [-0.25, -0.2) is 4.79 Å². The molecule has 0 saturated carbocycles. The molecule has 2 atom stereocenters. The van der Waals surface area contributed by atoms with Crippen LogP contribution >= 0.6 is 11.6 Å². The van der Waals surface area contributed by atoms with Crippen molar-refractivity contribution in [2.45, 2.75) is 12.2 Å². The fourth-order valence-corrected chi connectivity index (χ4v) is 1.94. The number of rotatable bonds is 3. The van der Waals surface area contributed by atoms with Gasteiger partial charge in [0.05, 0.1) is 13.2 Å². The smallest absolute Gasteiger partial charge is 0.335 e. The van der Waals surface area contributed by atoms with Crippen LogP contribution in [-0.4, -0.2) is 24.3 Å². The van der Waals surface area contributed by atoms with Gasteiger partial charge in [0.2, 0.25) is 0 Å². The molecule has 0 amide bonds. The van der Waals surface area contributed by atoms with E-state index in [-0.39, 0.29) is 0 Å². The van der Waals surface area contributed by atoms with Gasteiger partial charge in [-0.3, -0.25) is 0 Å². The first-order valence-electron chi connectivity index (χ1n) is 5.02. The van der Waals surface area contributed by atoms with E-state index in [1.807, 2.05) is 0 Å². The lowest BCUT2D eigenvalue weighted by atomic mass is 10.0. The number of methoxy groups -OCH3 is 1. The third-order valence-electron chi connectivity index (χ3n) is 2.53. The molecule has 0 aromatic heterocycles. The number of aliphatic hydroxyl groups is 1. The first-order chi connectivity index (χ1) is 8.13. The summed E-state index contributed by atoms with van der Waals surface area (Å²) in [6.45, 7) is 0. The SMILES string of the molecule is COC1=CC(=O)O[C@@H]1[C@@H](O)c1ccccc1Cl. The van der Waals surface area contributed by atoms with Crippen LogP contribution in [0, 0.1) is 0 Å². The third kappa shape index (κ3) is 2.28. The van der Waals surface area contributed by atoms with Crippen molar-refractivity contribution in [3.05, 3.63) is 46.7 Å². The van der Waals surface area contributed by atoms with E-state index < -0.39 is 18.2 Å². The van der Waals surface area contributed by atoms with Crippen LogP contribution in [0.2, 0.25) is 5.02 Å². The molecular weight excluding hydrogens is 244 g/mol. The van der Waals surface area contributed by atoms with E-state index in [9.17, 15) is 9.90 Å². The zero-order valence-corrected chi connectivity index (χ0v) is 9.85. The molecule has 0 fully saturated rings. The molecule has 1 N–H and O–H groups in total. The molecule has 2 rings (SSSR count). The molecule has 1 aromatic rings. The van der Waals surface area contributed by atoms with Crippen LogP contribution in [0.1, 0.15) is 11.7 Å². The van der Waals surface area contributed by atoms with Crippen LogP contribution in [0.4, 0.5) is 0 Å². The molecule has 17 heavy (non-hydrogen) atoms. The molecule has 0 bridgehead atoms. The van der Waals surface area contributed by atoms with E-state index in [4.69, 9.17) is 21.1 Å². The van der Waals surface area contributed by atoms with Gasteiger partial charge in [-0.15, -0.1) is 0 Å². The second kappa shape index (κ2) is 4.77. The van der Waals surface area contributed by atoms with E-state index >= 15 is 0 Å². The van der Waals surface area contributed by atoms with Crippen LogP contribution < -0.4 is 0 Å². The molecule has 5 heteroatoms. The van der Waals surface area contributed by atoms with Crippen molar-refractivity contribution in [2.75, 3.05) is 7.11 Å². The average molecular weight is 255 g/mol. The summed E-state index contributed by atoms with van der Waals surface area (Å²) in [5.74, 6) is -0.236. The summed E-state index contributed by atoms with van der Waals surface area (Å²) in [6, 6.07) is 6.84. The average Bonchev–Trinajstić information content (AvgIpc) is 2.70. The fourth-order valence-electron chi connectivity index (χ4n) is 1.69. The summed E-state index contributed by atoms with van der Waals surface area (Å²) >= 11 is 5.96. The highest BCUT2D eigenvalue weighted by atomic mass is 35.5. The number of halogens is 1. The molecule has 90 valence electrons. The van der Waals surface area contributed by atoms with E-state index in [0.717, 1.165) is 0 Å². The molecular formula is C12H11ClO4. The standard InChI is InChI=1S/C12H11ClO4/c1-16-9-6-10(14)17-12(9)11(15)7-4-2-3-5-8(7)13/h2-6,11-12,15H,1H3/t11-,12-/m0/s1. The number of hydrogen-bond donors (Lipinski definition) is 1. The number of benzene rings is 1. The van der Waals surface area contributed by atoms with E-state index in [2.05, 4.69) is 0 Å². The van der Waals surface area contributed by atoms with Crippen molar-refractivity contribution in [2.24, 2.45) is 0 Å². The van der Waals surface area contributed by atoms with Crippen LogP contribution in [0.25, 0.3) is 0 Å². The summed E-state index contributed by atoms with van der Waals surface area (Å²) in [4.78, 5) is 11.1. The normalized spacial score (nSPS) is 20.8. The number of aliphatic hydroxyl groups excluding tert-OH is 1. The first kappa shape index (κ1) is 12.0. The van der Waals surface area contributed by atoms with Crippen molar-refractivity contribution < 1.29 is 19.4 Å². The number of ether oxygens (including phenoxy) is 2. The topological polar surface area (TPSA) is 55.8 Å². The Bertz CT molecular complexity index is 469. The van der Waals surface area contributed by atoms with Gasteiger partial charge in [0, 0.05) is 10.6 Å². The van der Waals surface area contributed by atoms with Gasteiger partial charge in [-0.05, 0) is 6.07 Å². The van der Waals surface area contributed by atoms with Crippen molar-refractivity contribution in [3.63, 3.8) is 0 Å². The third-order valence-corrected chi connectivity index (χ3v) is 2.87. The van der Waals surface area contributed by atoms with Gasteiger partial charge in [-0.2, -0.15) is 0 Å². The molecule has 0 aliphatic carbocycles. The Labute approximate surface area is 103 Å². The largest absolute Gasteiger partial charge is 0.497 e. The number of carbonyl (C=O) groups excluding carboxylic acids is 1. The highest BCUT2D eigenvalue weighted by Gasteiger charge is 2.35. The molecule has 0 saturated heterocycles. The Kier molecular flexibility index (Phi) is 3.36. The van der Waals surface area contributed by atoms with Crippen molar-refractivity contribution >= 4 is 17.6 Å². The summed E-state index contributed by atoms with van der Waals surface area (Å²) < 4.78 is 9.96. The predicted molar refractivity (Wildman–Crippen MR) is 61.4 cm³/mol. The zero-order chi connectivity index (χ0) is 12.4. The molecule has 1 heterocycles. The Morgan fingerprint density at radius 1 is 1.47 bits per heavy atom. The number of hydrogen-bond acceptors (Lipinski definition) is 4. The van der Waals surface area contributed by atoms with E-state index in [1.54, 1.807) is 24.3 Å². The van der Waals surface area contributed by atoms with Gasteiger partial charge in [0.15, 0.2) is 6.10 Å². The Hall–Kier alpha value is -1.52. The Morgan fingerprint density at radius 2 is 2.18 bits per heavy atom. The summed E-state index contributed by atoms with van der Waals surface area (Å²) in [5, 5.41) is 10.6.